The quantitative estimate of drug-likeness (QED) is 0.792. The van der Waals surface area contributed by atoms with Crippen LogP contribution in [0.2, 0.25) is 0 Å². The molecule has 0 bridgehead atoms. The van der Waals surface area contributed by atoms with Crippen molar-refractivity contribution in [3.63, 3.8) is 0 Å². The minimum Gasteiger partial charge on any atom is -0.370 e. The highest BCUT2D eigenvalue weighted by Crippen LogP contribution is 2.20. The smallest absolute Gasteiger partial charge is 0.0910 e. The minimum atomic E-state index is 0.200. The summed E-state index contributed by atoms with van der Waals surface area (Å²) in [7, 11) is 1.92. The van der Waals surface area contributed by atoms with E-state index in [1.54, 1.807) is 4.68 Å². The molecule has 0 spiro atoms. The second kappa shape index (κ2) is 5.46. The summed E-state index contributed by atoms with van der Waals surface area (Å²) in [5, 5.41) is 4.29. The number of nitrogens with zero attached hydrogens (tertiary/aromatic N) is 2. The zero-order chi connectivity index (χ0) is 11.4. The molecule has 0 aliphatic heterocycles. The van der Waals surface area contributed by atoms with Gasteiger partial charge >= 0.3 is 0 Å². The topological polar surface area (TPSA) is 53.1 Å². The molecule has 90 valence electrons. The van der Waals surface area contributed by atoms with E-state index in [0.717, 1.165) is 18.5 Å². The van der Waals surface area contributed by atoms with Crippen LogP contribution in [-0.2, 0) is 18.4 Å². The molecule has 1 saturated carbocycles. The molecule has 0 saturated heterocycles. The lowest BCUT2D eigenvalue weighted by Crippen LogP contribution is -2.35. The lowest BCUT2D eigenvalue weighted by atomic mass is 10.1. The first-order chi connectivity index (χ1) is 7.75. The van der Waals surface area contributed by atoms with Gasteiger partial charge in [0, 0.05) is 19.3 Å². The second-order valence-corrected chi connectivity index (χ2v) is 4.63. The Hall–Kier alpha value is -0.870. The van der Waals surface area contributed by atoms with E-state index in [4.69, 9.17) is 10.5 Å². The van der Waals surface area contributed by atoms with Crippen LogP contribution < -0.4 is 5.73 Å². The molecule has 4 heteroatoms. The van der Waals surface area contributed by atoms with Crippen molar-refractivity contribution in [1.82, 2.24) is 9.78 Å². The molecule has 2 atom stereocenters. The third-order valence-corrected chi connectivity index (χ3v) is 3.22. The molecule has 1 heterocycles. The molecular weight excluding hydrogens is 202 g/mol. The molecule has 1 aromatic rings. The van der Waals surface area contributed by atoms with Crippen LogP contribution in [0.5, 0.6) is 0 Å². The molecular formula is C12H21N3O. The van der Waals surface area contributed by atoms with E-state index in [1.165, 1.54) is 19.3 Å². The van der Waals surface area contributed by atoms with E-state index in [2.05, 4.69) is 5.10 Å². The molecule has 0 aromatic carbocycles. The van der Waals surface area contributed by atoms with Gasteiger partial charge in [-0.3, -0.25) is 4.68 Å². The Morgan fingerprint density at radius 1 is 1.44 bits per heavy atom. The van der Waals surface area contributed by atoms with Crippen molar-refractivity contribution >= 4 is 0 Å². The number of rotatable bonds is 3. The van der Waals surface area contributed by atoms with Crippen LogP contribution in [0, 0.1) is 0 Å². The monoisotopic (exact) mass is 223 g/mol. The van der Waals surface area contributed by atoms with Gasteiger partial charge in [0.15, 0.2) is 0 Å². The first kappa shape index (κ1) is 11.6. The van der Waals surface area contributed by atoms with Crippen molar-refractivity contribution < 1.29 is 4.74 Å². The van der Waals surface area contributed by atoms with Gasteiger partial charge in [0.1, 0.15) is 0 Å². The van der Waals surface area contributed by atoms with Crippen molar-refractivity contribution in [2.24, 2.45) is 12.8 Å². The predicted molar refractivity (Wildman–Crippen MR) is 62.8 cm³/mol. The van der Waals surface area contributed by atoms with E-state index in [0.29, 0.717) is 6.61 Å². The van der Waals surface area contributed by atoms with Crippen LogP contribution in [0.1, 0.15) is 37.8 Å². The van der Waals surface area contributed by atoms with E-state index < -0.39 is 0 Å². The minimum absolute atomic E-state index is 0.200. The molecule has 2 rings (SSSR count). The largest absolute Gasteiger partial charge is 0.370 e. The highest BCUT2D eigenvalue weighted by atomic mass is 16.5. The van der Waals surface area contributed by atoms with Gasteiger partial charge in [-0.2, -0.15) is 5.10 Å². The summed E-state index contributed by atoms with van der Waals surface area (Å²) in [4.78, 5) is 0. The predicted octanol–water partition coefficient (Wildman–Crippen LogP) is 1.60. The molecule has 4 nitrogen and oxygen atoms in total. The normalized spacial score (nSPS) is 26.6. The maximum Gasteiger partial charge on any atom is 0.0910 e. The SMILES string of the molecule is Cn1ccc(COC2CCCCCC2N)n1. The maximum absolute atomic E-state index is 6.10. The van der Waals surface area contributed by atoms with Crippen molar-refractivity contribution in [3.05, 3.63) is 18.0 Å². The number of aryl methyl sites for hydroxylation is 1. The van der Waals surface area contributed by atoms with Gasteiger partial charge in [-0.05, 0) is 18.9 Å². The third kappa shape index (κ3) is 3.06. The maximum atomic E-state index is 6.10. The molecule has 0 amide bonds. The molecule has 0 radical (unpaired) electrons. The summed E-state index contributed by atoms with van der Waals surface area (Å²) in [6.07, 6.45) is 8.10. The van der Waals surface area contributed by atoms with Gasteiger partial charge in [-0.1, -0.05) is 19.3 Å². The summed E-state index contributed by atoms with van der Waals surface area (Å²) < 4.78 is 7.67. The second-order valence-electron chi connectivity index (χ2n) is 4.63. The summed E-state index contributed by atoms with van der Waals surface area (Å²) in [5.41, 5.74) is 7.08. The lowest BCUT2D eigenvalue weighted by molar-refractivity contribution is 0.0176. The van der Waals surface area contributed by atoms with Crippen molar-refractivity contribution in [1.29, 1.82) is 0 Å². The van der Waals surface area contributed by atoms with E-state index in [-0.39, 0.29) is 12.1 Å². The van der Waals surface area contributed by atoms with Crippen molar-refractivity contribution in [2.45, 2.75) is 50.9 Å². The Morgan fingerprint density at radius 2 is 2.25 bits per heavy atom. The molecule has 1 aromatic heterocycles. The summed E-state index contributed by atoms with van der Waals surface area (Å²) in [6.45, 7) is 0.583. The Bertz CT molecular complexity index is 324. The number of nitrogens with two attached hydrogens (primary N) is 1. The van der Waals surface area contributed by atoms with E-state index in [1.807, 2.05) is 19.3 Å². The van der Waals surface area contributed by atoms with Crippen LogP contribution in [0.15, 0.2) is 12.3 Å². The fourth-order valence-electron chi connectivity index (χ4n) is 2.24. The molecule has 2 unspecified atom stereocenters. The Kier molecular flexibility index (Phi) is 3.96. The lowest BCUT2D eigenvalue weighted by Gasteiger charge is -2.21. The van der Waals surface area contributed by atoms with Crippen LogP contribution in [0.3, 0.4) is 0 Å². The summed E-state index contributed by atoms with van der Waals surface area (Å²) in [6, 6.07) is 2.19. The van der Waals surface area contributed by atoms with Gasteiger partial charge in [0.05, 0.1) is 18.4 Å². The number of ether oxygens (including phenoxy) is 1. The van der Waals surface area contributed by atoms with E-state index >= 15 is 0 Å². The van der Waals surface area contributed by atoms with E-state index in [9.17, 15) is 0 Å². The fourth-order valence-corrected chi connectivity index (χ4v) is 2.24. The van der Waals surface area contributed by atoms with Gasteiger partial charge in [-0.15, -0.1) is 0 Å². The van der Waals surface area contributed by atoms with Gasteiger partial charge in [0.2, 0.25) is 0 Å². The van der Waals surface area contributed by atoms with Crippen LogP contribution in [0.4, 0.5) is 0 Å². The zero-order valence-corrected chi connectivity index (χ0v) is 9.93. The highest BCUT2D eigenvalue weighted by molar-refractivity contribution is 4.96. The number of hydrogen-bond acceptors (Lipinski definition) is 3. The van der Waals surface area contributed by atoms with Crippen LogP contribution in [-0.4, -0.2) is 21.9 Å². The van der Waals surface area contributed by atoms with Gasteiger partial charge in [-0.25, -0.2) is 0 Å². The Balaban J connectivity index is 1.83. The Morgan fingerprint density at radius 3 is 3.00 bits per heavy atom. The molecule has 2 N–H and O–H groups in total. The molecule has 1 fully saturated rings. The standard InChI is InChI=1S/C12H21N3O/c1-15-8-7-10(14-15)9-16-12-6-4-2-3-5-11(12)13/h7-8,11-12H,2-6,9,13H2,1H3. The fraction of sp³-hybridized carbons (Fsp3) is 0.750. The average molecular weight is 223 g/mol. The van der Waals surface area contributed by atoms with Crippen LogP contribution in [0.25, 0.3) is 0 Å². The third-order valence-electron chi connectivity index (χ3n) is 3.22. The summed E-state index contributed by atoms with van der Waals surface area (Å²) in [5.74, 6) is 0. The molecule has 1 aliphatic rings. The van der Waals surface area contributed by atoms with Crippen LogP contribution >= 0.6 is 0 Å². The number of hydrogen-bond donors (Lipinski definition) is 1. The van der Waals surface area contributed by atoms with Gasteiger partial charge in [0.25, 0.3) is 0 Å². The summed E-state index contributed by atoms with van der Waals surface area (Å²) >= 11 is 0. The average Bonchev–Trinajstić information content (AvgIpc) is 2.56. The molecule has 1 aliphatic carbocycles. The zero-order valence-electron chi connectivity index (χ0n) is 9.93. The first-order valence-electron chi connectivity index (χ1n) is 6.11. The first-order valence-corrected chi connectivity index (χ1v) is 6.11. The highest BCUT2D eigenvalue weighted by Gasteiger charge is 2.20. The van der Waals surface area contributed by atoms with Crippen molar-refractivity contribution in [2.75, 3.05) is 0 Å². The Labute approximate surface area is 96.8 Å². The molecule has 16 heavy (non-hydrogen) atoms. The number of aromatic nitrogens is 2. The van der Waals surface area contributed by atoms with Crippen molar-refractivity contribution in [3.8, 4) is 0 Å². The van der Waals surface area contributed by atoms with Gasteiger partial charge < -0.3 is 10.5 Å².